The van der Waals surface area contributed by atoms with E-state index in [-0.39, 0.29) is 11.9 Å². The number of hydrogen-bond donors (Lipinski definition) is 1. The Morgan fingerprint density at radius 1 is 1.29 bits per heavy atom. The van der Waals surface area contributed by atoms with Crippen LogP contribution in [0.1, 0.15) is 23.0 Å². The van der Waals surface area contributed by atoms with Gasteiger partial charge in [-0.15, -0.1) is 0 Å². The second-order valence-electron chi connectivity index (χ2n) is 5.48. The van der Waals surface area contributed by atoms with Crippen molar-refractivity contribution in [2.75, 3.05) is 19.6 Å². The van der Waals surface area contributed by atoms with Gasteiger partial charge in [-0.05, 0) is 44.2 Å². The fraction of sp³-hybridized carbons (Fsp3) is 0.375. The number of carbonyl (C=O) groups is 1. The van der Waals surface area contributed by atoms with Crippen LogP contribution < -0.4 is 5.32 Å². The van der Waals surface area contributed by atoms with Gasteiger partial charge in [0, 0.05) is 43.1 Å². The molecule has 1 N–H and O–H groups in total. The van der Waals surface area contributed by atoms with Gasteiger partial charge in [0.2, 0.25) is 0 Å². The number of piperazine rings is 1. The summed E-state index contributed by atoms with van der Waals surface area (Å²) in [5.41, 5.74) is 2.78. The number of benzene rings is 1. The second-order valence-corrected chi connectivity index (χ2v) is 5.48. The molecular weight excluding hydrogens is 264 g/mol. The first-order valence-electron chi connectivity index (χ1n) is 7.29. The van der Waals surface area contributed by atoms with Crippen LogP contribution in [-0.2, 0) is 0 Å². The molecule has 0 spiro atoms. The van der Waals surface area contributed by atoms with Gasteiger partial charge in [0.1, 0.15) is 0 Å². The van der Waals surface area contributed by atoms with Crippen LogP contribution in [0.15, 0.2) is 36.5 Å². The van der Waals surface area contributed by atoms with Crippen LogP contribution in [0, 0.1) is 6.92 Å². The number of hydrogen-bond acceptors (Lipinski definition) is 3. The van der Waals surface area contributed by atoms with Crippen molar-refractivity contribution in [3.8, 4) is 5.69 Å². The largest absolute Gasteiger partial charge is 0.333 e. The van der Waals surface area contributed by atoms with Crippen molar-refractivity contribution in [1.82, 2.24) is 20.0 Å². The zero-order valence-corrected chi connectivity index (χ0v) is 12.4. The summed E-state index contributed by atoms with van der Waals surface area (Å²) in [4.78, 5) is 14.5. The first kappa shape index (κ1) is 13.8. The third-order valence-corrected chi connectivity index (χ3v) is 3.95. The van der Waals surface area contributed by atoms with Crippen LogP contribution in [0.2, 0.25) is 0 Å². The SMILES string of the molecule is Cc1ccnn1-c1ccc(C(=O)N2CCNC[C@@H]2C)cc1. The molecule has 0 bridgehead atoms. The van der Waals surface area contributed by atoms with E-state index in [2.05, 4.69) is 17.3 Å². The van der Waals surface area contributed by atoms with Gasteiger partial charge in [-0.3, -0.25) is 4.79 Å². The number of aryl methyl sites for hydroxylation is 1. The normalized spacial score (nSPS) is 18.8. The van der Waals surface area contributed by atoms with Gasteiger partial charge >= 0.3 is 0 Å². The van der Waals surface area contributed by atoms with E-state index in [0.717, 1.165) is 36.6 Å². The van der Waals surface area contributed by atoms with Gasteiger partial charge in [-0.1, -0.05) is 0 Å². The first-order valence-corrected chi connectivity index (χ1v) is 7.29. The summed E-state index contributed by atoms with van der Waals surface area (Å²) in [6, 6.07) is 9.85. The predicted octanol–water partition coefficient (Wildman–Crippen LogP) is 1.61. The van der Waals surface area contributed by atoms with Crippen molar-refractivity contribution >= 4 is 5.91 Å². The van der Waals surface area contributed by atoms with Crippen LogP contribution >= 0.6 is 0 Å². The fourth-order valence-electron chi connectivity index (χ4n) is 2.69. The highest BCUT2D eigenvalue weighted by atomic mass is 16.2. The highest BCUT2D eigenvalue weighted by Gasteiger charge is 2.23. The molecule has 0 radical (unpaired) electrons. The molecule has 0 saturated carbocycles. The first-order chi connectivity index (χ1) is 10.2. The van der Waals surface area contributed by atoms with Crippen LogP contribution in [0.5, 0.6) is 0 Å². The minimum absolute atomic E-state index is 0.104. The number of rotatable bonds is 2. The van der Waals surface area contributed by atoms with Crippen LogP contribution in [0.4, 0.5) is 0 Å². The van der Waals surface area contributed by atoms with Gasteiger partial charge in [-0.25, -0.2) is 4.68 Å². The smallest absolute Gasteiger partial charge is 0.254 e. The lowest BCUT2D eigenvalue weighted by Crippen LogP contribution is -2.52. The Labute approximate surface area is 124 Å². The molecule has 1 aromatic heterocycles. The molecule has 0 aliphatic carbocycles. The number of nitrogens with zero attached hydrogens (tertiary/aromatic N) is 3. The summed E-state index contributed by atoms with van der Waals surface area (Å²) in [6.45, 7) is 6.57. The molecule has 0 unspecified atom stereocenters. The molecule has 1 aliphatic heterocycles. The molecule has 1 saturated heterocycles. The van der Waals surface area contributed by atoms with E-state index in [4.69, 9.17) is 0 Å². The van der Waals surface area contributed by atoms with Crippen LogP contribution in [0.3, 0.4) is 0 Å². The summed E-state index contributed by atoms with van der Waals surface area (Å²) in [5.74, 6) is 0.104. The zero-order chi connectivity index (χ0) is 14.8. The number of nitrogens with one attached hydrogen (secondary N) is 1. The third-order valence-electron chi connectivity index (χ3n) is 3.95. The number of amides is 1. The Morgan fingerprint density at radius 2 is 2.05 bits per heavy atom. The van der Waals surface area contributed by atoms with E-state index < -0.39 is 0 Å². The minimum Gasteiger partial charge on any atom is -0.333 e. The Bertz CT molecular complexity index is 632. The Morgan fingerprint density at radius 3 is 2.67 bits per heavy atom. The van der Waals surface area contributed by atoms with Gasteiger partial charge in [-0.2, -0.15) is 5.10 Å². The fourth-order valence-corrected chi connectivity index (χ4v) is 2.69. The maximum absolute atomic E-state index is 12.6. The van der Waals surface area contributed by atoms with Crippen molar-refractivity contribution < 1.29 is 4.79 Å². The summed E-state index contributed by atoms with van der Waals surface area (Å²) < 4.78 is 1.86. The molecule has 2 aromatic rings. The molecule has 5 heteroatoms. The van der Waals surface area contributed by atoms with Crippen LogP contribution in [0.25, 0.3) is 5.69 Å². The monoisotopic (exact) mass is 284 g/mol. The number of aromatic nitrogens is 2. The molecule has 3 rings (SSSR count). The molecule has 110 valence electrons. The lowest BCUT2D eigenvalue weighted by atomic mass is 10.1. The highest BCUT2D eigenvalue weighted by Crippen LogP contribution is 2.14. The summed E-state index contributed by atoms with van der Waals surface area (Å²) >= 11 is 0. The van der Waals surface area contributed by atoms with Crippen molar-refractivity contribution in [2.45, 2.75) is 19.9 Å². The van der Waals surface area contributed by atoms with Gasteiger partial charge in [0.25, 0.3) is 5.91 Å². The maximum atomic E-state index is 12.6. The van der Waals surface area contributed by atoms with E-state index in [9.17, 15) is 4.79 Å². The van der Waals surface area contributed by atoms with E-state index in [1.807, 2.05) is 46.8 Å². The molecule has 1 aromatic carbocycles. The zero-order valence-electron chi connectivity index (χ0n) is 12.4. The van der Waals surface area contributed by atoms with Crippen molar-refractivity contribution in [2.24, 2.45) is 0 Å². The molecular formula is C16H20N4O. The lowest BCUT2D eigenvalue weighted by Gasteiger charge is -2.34. The molecule has 1 atom stereocenters. The van der Waals surface area contributed by atoms with Crippen molar-refractivity contribution in [3.63, 3.8) is 0 Å². The minimum atomic E-state index is 0.104. The lowest BCUT2D eigenvalue weighted by molar-refractivity contribution is 0.0656. The Kier molecular flexibility index (Phi) is 3.75. The predicted molar refractivity (Wildman–Crippen MR) is 81.7 cm³/mol. The summed E-state index contributed by atoms with van der Waals surface area (Å²) in [6.07, 6.45) is 1.77. The topological polar surface area (TPSA) is 50.2 Å². The van der Waals surface area contributed by atoms with Gasteiger partial charge in [0.05, 0.1) is 5.69 Å². The quantitative estimate of drug-likeness (QED) is 0.911. The maximum Gasteiger partial charge on any atom is 0.254 e. The summed E-state index contributed by atoms with van der Waals surface area (Å²) in [7, 11) is 0. The van der Waals surface area contributed by atoms with Gasteiger partial charge < -0.3 is 10.2 Å². The second kappa shape index (κ2) is 5.69. The van der Waals surface area contributed by atoms with E-state index in [0.29, 0.717) is 0 Å². The van der Waals surface area contributed by atoms with Crippen molar-refractivity contribution in [1.29, 1.82) is 0 Å². The van der Waals surface area contributed by atoms with E-state index in [1.165, 1.54) is 0 Å². The highest BCUT2D eigenvalue weighted by molar-refractivity contribution is 5.94. The van der Waals surface area contributed by atoms with Crippen LogP contribution in [-0.4, -0.2) is 46.3 Å². The van der Waals surface area contributed by atoms with E-state index >= 15 is 0 Å². The molecule has 1 aliphatic rings. The standard InChI is InChI=1S/C16H20N4O/c1-12-7-8-18-20(12)15-5-3-14(4-6-15)16(21)19-10-9-17-11-13(19)2/h3-8,13,17H,9-11H2,1-2H3/t13-/m0/s1. The summed E-state index contributed by atoms with van der Waals surface area (Å²) in [5, 5.41) is 7.57. The Hall–Kier alpha value is -2.14. The molecule has 5 nitrogen and oxygen atoms in total. The molecule has 1 amide bonds. The molecule has 21 heavy (non-hydrogen) atoms. The average Bonchev–Trinajstić information content (AvgIpc) is 2.93. The molecule has 1 fully saturated rings. The van der Waals surface area contributed by atoms with Gasteiger partial charge in [0.15, 0.2) is 0 Å². The van der Waals surface area contributed by atoms with E-state index in [1.54, 1.807) is 6.20 Å². The molecule has 2 heterocycles. The number of carbonyl (C=O) groups excluding carboxylic acids is 1. The van der Waals surface area contributed by atoms with Crippen molar-refractivity contribution in [3.05, 3.63) is 47.8 Å². The third kappa shape index (κ3) is 2.69. The Balaban J connectivity index is 1.81. The average molecular weight is 284 g/mol.